The molecule has 0 saturated heterocycles. The first-order valence-corrected chi connectivity index (χ1v) is 10.7. The van der Waals surface area contributed by atoms with Gasteiger partial charge in [0.15, 0.2) is 0 Å². The van der Waals surface area contributed by atoms with E-state index < -0.39 is 11.9 Å². The maximum absolute atomic E-state index is 11.5. The number of carbonyl (C=O) groups excluding carboxylic acids is 2. The number of hydrogen-bond donors (Lipinski definition) is 0. The van der Waals surface area contributed by atoms with E-state index in [2.05, 4.69) is 13.5 Å². The molecule has 0 rings (SSSR count). The van der Waals surface area contributed by atoms with Crippen molar-refractivity contribution < 1.29 is 19.1 Å². The number of hydrogen-bond acceptors (Lipinski definition) is 4. The Morgan fingerprint density at radius 3 is 1.56 bits per heavy atom. The molecule has 0 aliphatic rings. The lowest BCUT2D eigenvalue weighted by Crippen LogP contribution is -2.06. The molecule has 0 saturated carbocycles. The molecular formula is C23H40O4. The van der Waals surface area contributed by atoms with Gasteiger partial charge in [0.2, 0.25) is 0 Å². The second kappa shape index (κ2) is 19.2. The highest BCUT2D eigenvalue weighted by atomic mass is 16.5. The van der Waals surface area contributed by atoms with Crippen molar-refractivity contribution in [3.63, 3.8) is 0 Å². The Balaban J connectivity index is 3.35. The molecule has 0 heterocycles. The van der Waals surface area contributed by atoms with Crippen molar-refractivity contribution >= 4 is 11.9 Å². The fraction of sp³-hybridized carbons (Fsp3) is 0.739. The molecule has 4 nitrogen and oxygen atoms in total. The third-order valence-corrected chi connectivity index (χ3v) is 4.31. The molecule has 0 atom stereocenters. The fourth-order valence-electron chi connectivity index (χ4n) is 2.72. The SMILES string of the molecule is C=C(C)COC(=O)/C=C/C(=O)OCCCCCCCCCCCCCCC. The molecule has 0 aromatic rings. The molecule has 0 aliphatic heterocycles. The number of rotatable bonds is 18. The summed E-state index contributed by atoms with van der Waals surface area (Å²) in [5.41, 5.74) is 0.752. The summed E-state index contributed by atoms with van der Waals surface area (Å²) < 4.78 is 9.91. The fourth-order valence-corrected chi connectivity index (χ4v) is 2.72. The minimum Gasteiger partial charge on any atom is -0.463 e. The van der Waals surface area contributed by atoms with E-state index in [-0.39, 0.29) is 6.61 Å². The van der Waals surface area contributed by atoms with Crippen LogP contribution in [0.3, 0.4) is 0 Å². The molecule has 4 heteroatoms. The van der Waals surface area contributed by atoms with Crippen LogP contribution in [0.1, 0.15) is 97.3 Å². The molecule has 0 aromatic heterocycles. The standard InChI is InChI=1S/C23H40O4/c1-4-5-6-7-8-9-10-11-12-13-14-15-16-19-26-22(24)17-18-23(25)27-20-21(2)3/h17-18H,2,4-16,19-20H2,1,3H3/b18-17+. The van der Waals surface area contributed by atoms with Crippen LogP contribution in [-0.4, -0.2) is 25.2 Å². The molecule has 0 unspecified atom stereocenters. The van der Waals surface area contributed by atoms with E-state index in [1.54, 1.807) is 6.92 Å². The topological polar surface area (TPSA) is 52.6 Å². The normalized spacial score (nSPS) is 10.9. The Bertz CT molecular complexity index is 426. The molecule has 0 spiro atoms. The van der Waals surface area contributed by atoms with Crippen LogP contribution in [0.15, 0.2) is 24.3 Å². The van der Waals surface area contributed by atoms with Crippen LogP contribution >= 0.6 is 0 Å². The molecule has 156 valence electrons. The van der Waals surface area contributed by atoms with Gasteiger partial charge in [0.1, 0.15) is 6.61 Å². The van der Waals surface area contributed by atoms with E-state index in [1.165, 1.54) is 70.6 Å². The molecule has 0 N–H and O–H groups in total. The predicted octanol–water partition coefficient (Wildman–Crippen LogP) is 6.30. The molecule has 0 amide bonds. The molecule has 0 radical (unpaired) electrons. The molecular weight excluding hydrogens is 340 g/mol. The van der Waals surface area contributed by atoms with Gasteiger partial charge in [-0.15, -0.1) is 0 Å². The summed E-state index contributed by atoms with van der Waals surface area (Å²) in [6.07, 6.45) is 18.9. The molecule has 0 fully saturated rings. The molecule has 0 bridgehead atoms. The van der Waals surface area contributed by atoms with E-state index in [0.29, 0.717) is 6.61 Å². The number of esters is 2. The van der Waals surface area contributed by atoms with Crippen molar-refractivity contribution in [2.24, 2.45) is 0 Å². The van der Waals surface area contributed by atoms with E-state index in [1.807, 2.05) is 0 Å². The van der Waals surface area contributed by atoms with Crippen molar-refractivity contribution in [1.29, 1.82) is 0 Å². The van der Waals surface area contributed by atoms with Gasteiger partial charge in [-0.1, -0.05) is 90.6 Å². The van der Waals surface area contributed by atoms with Crippen LogP contribution in [0.4, 0.5) is 0 Å². The van der Waals surface area contributed by atoms with E-state index in [4.69, 9.17) is 9.47 Å². The maximum Gasteiger partial charge on any atom is 0.331 e. The summed E-state index contributed by atoms with van der Waals surface area (Å²) in [4.78, 5) is 22.8. The van der Waals surface area contributed by atoms with E-state index in [0.717, 1.165) is 30.6 Å². The number of unbranched alkanes of at least 4 members (excludes halogenated alkanes) is 12. The average Bonchev–Trinajstić information content (AvgIpc) is 2.64. The highest BCUT2D eigenvalue weighted by molar-refractivity contribution is 5.91. The summed E-state index contributed by atoms with van der Waals surface area (Å²) in [5, 5.41) is 0. The van der Waals surface area contributed by atoms with Crippen molar-refractivity contribution in [3.8, 4) is 0 Å². The Kier molecular flexibility index (Phi) is 18.1. The van der Waals surface area contributed by atoms with Crippen molar-refractivity contribution in [1.82, 2.24) is 0 Å². The lowest BCUT2D eigenvalue weighted by atomic mass is 10.0. The highest BCUT2D eigenvalue weighted by Gasteiger charge is 2.01. The summed E-state index contributed by atoms with van der Waals surface area (Å²) in [6.45, 7) is 8.22. The van der Waals surface area contributed by atoms with Gasteiger partial charge in [-0.05, 0) is 18.9 Å². The molecule has 27 heavy (non-hydrogen) atoms. The summed E-state index contributed by atoms with van der Waals surface area (Å²) in [6, 6.07) is 0. The smallest absolute Gasteiger partial charge is 0.331 e. The van der Waals surface area contributed by atoms with Gasteiger partial charge in [0, 0.05) is 12.2 Å². The van der Waals surface area contributed by atoms with Gasteiger partial charge in [-0.3, -0.25) is 0 Å². The lowest BCUT2D eigenvalue weighted by molar-refractivity contribution is -0.140. The van der Waals surface area contributed by atoms with Crippen LogP contribution in [0, 0.1) is 0 Å². The third-order valence-electron chi connectivity index (χ3n) is 4.31. The van der Waals surface area contributed by atoms with Gasteiger partial charge in [0.25, 0.3) is 0 Å². The second-order valence-corrected chi connectivity index (χ2v) is 7.31. The Morgan fingerprint density at radius 1 is 0.704 bits per heavy atom. The van der Waals surface area contributed by atoms with Gasteiger partial charge in [-0.2, -0.15) is 0 Å². The van der Waals surface area contributed by atoms with E-state index >= 15 is 0 Å². The molecule has 0 aliphatic carbocycles. The quantitative estimate of drug-likeness (QED) is 0.121. The van der Waals surface area contributed by atoms with Crippen LogP contribution in [0.25, 0.3) is 0 Å². The van der Waals surface area contributed by atoms with Gasteiger partial charge >= 0.3 is 11.9 Å². The zero-order chi connectivity index (χ0) is 20.2. The summed E-state index contributed by atoms with van der Waals surface area (Å²) in [5.74, 6) is -1.06. The van der Waals surface area contributed by atoms with Crippen molar-refractivity contribution in [2.75, 3.05) is 13.2 Å². The molecule has 0 aromatic carbocycles. The Hall–Kier alpha value is -1.58. The minimum absolute atomic E-state index is 0.164. The van der Waals surface area contributed by atoms with Crippen LogP contribution in [0.2, 0.25) is 0 Å². The summed E-state index contributed by atoms with van der Waals surface area (Å²) >= 11 is 0. The largest absolute Gasteiger partial charge is 0.463 e. The number of ether oxygens (including phenoxy) is 2. The maximum atomic E-state index is 11.5. The van der Waals surface area contributed by atoms with E-state index in [9.17, 15) is 9.59 Å². The monoisotopic (exact) mass is 380 g/mol. The minimum atomic E-state index is -0.559. The van der Waals surface area contributed by atoms with Crippen LogP contribution in [0.5, 0.6) is 0 Å². The second-order valence-electron chi connectivity index (χ2n) is 7.31. The van der Waals surface area contributed by atoms with Gasteiger partial charge in [-0.25, -0.2) is 9.59 Å². The first-order valence-electron chi connectivity index (χ1n) is 10.7. The highest BCUT2D eigenvalue weighted by Crippen LogP contribution is 2.12. The number of carbonyl (C=O) groups is 2. The Labute approximate surface area is 166 Å². The Morgan fingerprint density at radius 2 is 1.11 bits per heavy atom. The first-order chi connectivity index (χ1) is 13.1. The predicted molar refractivity (Wildman–Crippen MR) is 112 cm³/mol. The third kappa shape index (κ3) is 20.6. The van der Waals surface area contributed by atoms with Gasteiger partial charge < -0.3 is 9.47 Å². The van der Waals surface area contributed by atoms with Crippen molar-refractivity contribution in [2.45, 2.75) is 97.3 Å². The average molecular weight is 381 g/mol. The van der Waals surface area contributed by atoms with Crippen LogP contribution in [-0.2, 0) is 19.1 Å². The van der Waals surface area contributed by atoms with Crippen LogP contribution < -0.4 is 0 Å². The van der Waals surface area contributed by atoms with Gasteiger partial charge in [0.05, 0.1) is 6.61 Å². The zero-order valence-corrected chi connectivity index (χ0v) is 17.6. The van der Waals surface area contributed by atoms with Crippen molar-refractivity contribution in [3.05, 3.63) is 24.3 Å². The first kappa shape index (κ1) is 25.4. The zero-order valence-electron chi connectivity index (χ0n) is 17.6. The summed E-state index contributed by atoms with van der Waals surface area (Å²) in [7, 11) is 0. The lowest BCUT2D eigenvalue weighted by Gasteiger charge is -2.04.